The van der Waals surface area contributed by atoms with Crippen molar-refractivity contribution >= 4 is 11.3 Å². The Morgan fingerprint density at radius 3 is 2.72 bits per heavy atom. The van der Waals surface area contributed by atoms with Crippen molar-refractivity contribution in [1.82, 2.24) is 4.98 Å². The van der Waals surface area contributed by atoms with Crippen LogP contribution in [0.4, 0.5) is 0 Å². The van der Waals surface area contributed by atoms with Crippen LogP contribution < -0.4 is 5.73 Å². The van der Waals surface area contributed by atoms with Crippen LogP contribution in [0, 0.1) is 0 Å². The molecule has 0 aliphatic heterocycles. The van der Waals surface area contributed by atoms with E-state index < -0.39 is 0 Å². The van der Waals surface area contributed by atoms with Gasteiger partial charge in [0.25, 0.3) is 0 Å². The van der Waals surface area contributed by atoms with Crippen LogP contribution in [-0.4, -0.2) is 4.98 Å². The topological polar surface area (TPSA) is 38.9 Å². The quantitative estimate of drug-likeness (QED) is 0.895. The molecule has 2 nitrogen and oxygen atoms in total. The molecule has 0 spiro atoms. The molecule has 18 heavy (non-hydrogen) atoms. The summed E-state index contributed by atoms with van der Waals surface area (Å²) in [5, 5.41) is 3.15. The molecule has 1 aliphatic carbocycles. The number of aryl methyl sites for hydroxylation is 2. The standard InChI is InChI=1S/C15H18N2S/c1-15(2,16)13-9-18-14(17-13)12-7-6-10-4-3-5-11(10)8-12/h6-9H,3-5,16H2,1-2H3. The summed E-state index contributed by atoms with van der Waals surface area (Å²) in [5.41, 5.74) is 10.9. The number of benzene rings is 1. The van der Waals surface area contributed by atoms with Crippen LogP contribution in [-0.2, 0) is 18.4 Å². The van der Waals surface area contributed by atoms with Crippen LogP contribution in [0.3, 0.4) is 0 Å². The predicted octanol–water partition coefficient (Wildman–Crippen LogP) is 3.49. The highest BCUT2D eigenvalue weighted by Crippen LogP contribution is 2.31. The summed E-state index contributed by atoms with van der Waals surface area (Å²) in [5.74, 6) is 0. The average molecular weight is 258 g/mol. The Balaban J connectivity index is 1.98. The number of fused-ring (bicyclic) bond motifs is 1. The molecule has 0 saturated heterocycles. The molecule has 0 fully saturated rings. The third-order valence-electron chi connectivity index (χ3n) is 3.51. The van der Waals surface area contributed by atoms with E-state index in [2.05, 4.69) is 28.6 Å². The van der Waals surface area contributed by atoms with Gasteiger partial charge in [-0.2, -0.15) is 0 Å². The zero-order chi connectivity index (χ0) is 12.8. The first-order chi connectivity index (χ1) is 8.54. The lowest BCUT2D eigenvalue weighted by Gasteiger charge is -2.14. The van der Waals surface area contributed by atoms with Gasteiger partial charge >= 0.3 is 0 Å². The van der Waals surface area contributed by atoms with Gasteiger partial charge in [-0.3, -0.25) is 0 Å². The van der Waals surface area contributed by atoms with Gasteiger partial charge in [0, 0.05) is 10.9 Å². The molecule has 0 atom stereocenters. The lowest BCUT2D eigenvalue weighted by Crippen LogP contribution is -2.28. The predicted molar refractivity (Wildman–Crippen MR) is 76.8 cm³/mol. The lowest BCUT2D eigenvalue weighted by molar-refractivity contribution is 0.539. The van der Waals surface area contributed by atoms with Gasteiger partial charge in [-0.1, -0.05) is 12.1 Å². The highest BCUT2D eigenvalue weighted by atomic mass is 32.1. The van der Waals surface area contributed by atoms with Crippen LogP contribution in [0.2, 0.25) is 0 Å². The molecule has 0 amide bonds. The molecule has 3 heteroatoms. The fourth-order valence-electron chi connectivity index (χ4n) is 2.41. The van der Waals surface area contributed by atoms with Crippen molar-refractivity contribution in [3.05, 3.63) is 40.4 Å². The van der Waals surface area contributed by atoms with Crippen molar-refractivity contribution in [3.8, 4) is 10.6 Å². The van der Waals surface area contributed by atoms with E-state index in [0.717, 1.165) is 10.7 Å². The highest BCUT2D eigenvalue weighted by Gasteiger charge is 2.19. The molecule has 3 rings (SSSR count). The summed E-state index contributed by atoms with van der Waals surface area (Å²) in [4.78, 5) is 4.67. The minimum atomic E-state index is -0.356. The number of nitrogens with zero attached hydrogens (tertiary/aromatic N) is 1. The van der Waals surface area contributed by atoms with Crippen LogP contribution in [0.15, 0.2) is 23.6 Å². The first-order valence-corrected chi connectivity index (χ1v) is 7.29. The number of hydrogen-bond acceptors (Lipinski definition) is 3. The maximum atomic E-state index is 6.08. The number of rotatable bonds is 2. The summed E-state index contributed by atoms with van der Waals surface area (Å²) in [7, 11) is 0. The summed E-state index contributed by atoms with van der Waals surface area (Å²) in [6, 6.07) is 6.75. The molecule has 2 N–H and O–H groups in total. The van der Waals surface area contributed by atoms with E-state index in [0.29, 0.717) is 0 Å². The summed E-state index contributed by atoms with van der Waals surface area (Å²) in [6.45, 7) is 3.99. The Morgan fingerprint density at radius 2 is 2.00 bits per heavy atom. The van der Waals surface area contributed by atoms with Gasteiger partial charge in [-0.15, -0.1) is 11.3 Å². The van der Waals surface area contributed by atoms with E-state index in [-0.39, 0.29) is 5.54 Å². The van der Waals surface area contributed by atoms with Crippen LogP contribution >= 0.6 is 11.3 Å². The lowest BCUT2D eigenvalue weighted by atomic mass is 10.0. The second-order valence-electron chi connectivity index (χ2n) is 5.60. The molecule has 94 valence electrons. The van der Waals surface area contributed by atoms with E-state index in [1.165, 1.54) is 36.0 Å². The smallest absolute Gasteiger partial charge is 0.123 e. The molecule has 0 unspecified atom stereocenters. The first-order valence-electron chi connectivity index (χ1n) is 6.41. The fourth-order valence-corrected chi connectivity index (χ4v) is 3.40. The Morgan fingerprint density at radius 1 is 1.22 bits per heavy atom. The van der Waals surface area contributed by atoms with Crippen molar-refractivity contribution in [2.45, 2.75) is 38.6 Å². The highest BCUT2D eigenvalue weighted by molar-refractivity contribution is 7.13. The van der Waals surface area contributed by atoms with Crippen molar-refractivity contribution in [1.29, 1.82) is 0 Å². The number of thiazole rings is 1. The van der Waals surface area contributed by atoms with Crippen molar-refractivity contribution in [2.75, 3.05) is 0 Å². The monoisotopic (exact) mass is 258 g/mol. The first kappa shape index (κ1) is 11.9. The SMILES string of the molecule is CC(C)(N)c1csc(-c2ccc3c(c2)CCC3)n1. The Bertz CT molecular complexity index is 578. The number of aromatic nitrogens is 1. The van der Waals surface area contributed by atoms with E-state index in [1.807, 2.05) is 13.8 Å². The van der Waals surface area contributed by atoms with Crippen molar-refractivity contribution in [3.63, 3.8) is 0 Å². The molecule has 1 aliphatic rings. The van der Waals surface area contributed by atoms with Gasteiger partial charge in [0.1, 0.15) is 5.01 Å². The van der Waals surface area contributed by atoms with Gasteiger partial charge in [-0.05, 0) is 50.3 Å². The molecular weight excluding hydrogens is 240 g/mol. The Kier molecular flexibility index (Phi) is 2.76. The van der Waals surface area contributed by atoms with Crippen LogP contribution in [0.25, 0.3) is 10.6 Å². The Hall–Kier alpha value is -1.19. The zero-order valence-electron chi connectivity index (χ0n) is 10.9. The molecule has 1 aromatic heterocycles. The normalized spacial score (nSPS) is 14.8. The van der Waals surface area contributed by atoms with Gasteiger partial charge < -0.3 is 5.73 Å². The fraction of sp³-hybridized carbons (Fsp3) is 0.400. The zero-order valence-corrected chi connectivity index (χ0v) is 11.7. The van der Waals surface area contributed by atoms with Crippen molar-refractivity contribution in [2.24, 2.45) is 5.73 Å². The number of nitrogens with two attached hydrogens (primary N) is 1. The summed E-state index contributed by atoms with van der Waals surface area (Å²) < 4.78 is 0. The molecule has 1 aromatic carbocycles. The third-order valence-corrected chi connectivity index (χ3v) is 4.40. The third kappa shape index (κ3) is 2.08. The summed E-state index contributed by atoms with van der Waals surface area (Å²) >= 11 is 1.68. The van der Waals surface area contributed by atoms with E-state index >= 15 is 0 Å². The van der Waals surface area contributed by atoms with Gasteiger partial charge in [0.2, 0.25) is 0 Å². The van der Waals surface area contributed by atoms with Crippen molar-refractivity contribution < 1.29 is 0 Å². The Labute approximate surface area is 112 Å². The average Bonchev–Trinajstić information content (AvgIpc) is 2.96. The second kappa shape index (κ2) is 4.18. The molecular formula is C15H18N2S. The minimum absolute atomic E-state index is 0.356. The van der Waals surface area contributed by atoms with E-state index in [4.69, 9.17) is 5.73 Å². The maximum Gasteiger partial charge on any atom is 0.123 e. The summed E-state index contributed by atoms with van der Waals surface area (Å²) in [6.07, 6.45) is 3.73. The molecule has 0 radical (unpaired) electrons. The minimum Gasteiger partial charge on any atom is -0.321 e. The molecule has 0 bridgehead atoms. The maximum absolute atomic E-state index is 6.08. The second-order valence-corrected chi connectivity index (χ2v) is 6.45. The van der Waals surface area contributed by atoms with Crippen LogP contribution in [0.5, 0.6) is 0 Å². The molecule has 2 aromatic rings. The van der Waals surface area contributed by atoms with Gasteiger partial charge in [0.15, 0.2) is 0 Å². The largest absolute Gasteiger partial charge is 0.321 e. The van der Waals surface area contributed by atoms with Crippen LogP contribution in [0.1, 0.15) is 37.1 Å². The van der Waals surface area contributed by atoms with Gasteiger partial charge in [0.05, 0.1) is 11.2 Å². The van der Waals surface area contributed by atoms with E-state index in [9.17, 15) is 0 Å². The molecule has 0 saturated carbocycles. The molecule has 1 heterocycles. The number of hydrogen-bond donors (Lipinski definition) is 1. The van der Waals surface area contributed by atoms with E-state index in [1.54, 1.807) is 11.3 Å². The van der Waals surface area contributed by atoms with Gasteiger partial charge in [-0.25, -0.2) is 4.98 Å².